The first-order valence-corrected chi connectivity index (χ1v) is 7.21. The van der Waals surface area contributed by atoms with Crippen LogP contribution in [0, 0.1) is 10.1 Å². The molecule has 0 aliphatic carbocycles. The summed E-state index contributed by atoms with van der Waals surface area (Å²) in [4.78, 5) is 36.1. The Morgan fingerprint density at radius 3 is 2.74 bits per heavy atom. The van der Waals surface area contributed by atoms with Gasteiger partial charge in [0.1, 0.15) is 12.1 Å². The molecule has 2 rings (SSSR count). The number of nitro benzene ring substituents is 1. The molecule has 0 radical (unpaired) electrons. The molecular weight excluding hydrogens is 302 g/mol. The number of fused-ring (bicyclic) bond motifs is 1. The normalized spacial score (nSPS) is 14.6. The Bertz CT molecular complexity index is 651. The van der Waals surface area contributed by atoms with Gasteiger partial charge in [-0.3, -0.25) is 19.7 Å². The number of nitro groups is 1. The number of carbonyl (C=O) groups excluding carboxylic acids is 2. The summed E-state index contributed by atoms with van der Waals surface area (Å²) in [5.74, 6) is -0.945. The van der Waals surface area contributed by atoms with E-state index in [9.17, 15) is 19.7 Å². The van der Waals surface area contributed by atoms with Gasteiger partial charge in [-0.25, -0.2) is 0 Å². The number of nitrogens with zero attached hydrogens (tertiary/aromatic N) is 2. The number of benzene rings is 1. The minimum atomic E-state index is -0.638. The molecule has 23 heavy (non-hydrogen) atoms. The average Bonchev–Trinajstić information content (AvgIpc) is 2.57. The van der Waals surface area contributed by atoms with Gasteiger partial charge in [-0.2, -0.15) is 0 Å². The van der Waals surface area contributed by atoms with Crippen LogP contribution in [-0.4, -0.2) is 46.9 Å². The zero-order valence-corrected chi connectivity index (χ0v) is 13.3. The number of ether oxygens (including phenoxy) is 1. The molecule has 0 atom stereocenters. The largest absolute Gasteiger partial charge is 0.459 e. The molecule has 124 valence electrons. The first kappa shape index (κ1) is 16.7. The van der Waals surface area contributed by atoms with E-state index in [1.807, 2.05) is 0 Å². The van der Waals surface area contributed by atoms with Crippen LogP contribution in [0.5, 0.6) is 0 Å². The molecule has 1 aliphatic rings. The van der Waals surface area contributed by atoms with E-state index in [1.165, 1.54) is 23.1 Å². The molecule has 1 aromatic carbocycles. The molecule has 0 saturated heterocycles. The highest BCUT2D eigenvalue weighted by atomic mass is 16.6. The smallest absolute Gasteiger partial charge is 0.326 e. The quantitative estimate of drug-likeness (QED) is 0.517. The lowest BCUT2D eigenvalue weighted by molar-refractivity contribution is -0.384. The number of anilines is 1. The number of hydrogen-bond acceptors (Lipinski definition) is 6. The molecule has 0 bridgehead atoms. The van der Waals surface area contributed by atoms with Crippen molar-refractivity contribution in [2.45, 2.75) is 26.4 Å². The van der Waals surface area contributed by atoms with Crippen LogP contribution in [0.25, 0.3) is 0 Å². The Labute approximate surface area is 133 Å². The van der Waals surface area contributed by atoms with E-state index in [2.05, 4.69) is 5.32 Å². The number of esters is 1. The number of hydrogen-bond donors (Lipinski definition) is 1. The van der Waals surface area contributed by atoms with E-state index in [0.717, 1.165) is 0 Å². The van der Waals surface area contributed by atoms with Crippen LogP contribution in [0.15, 0.2) is 18.2 Å². The summed E-state index contributed by atoms with van der Waals surface area (Å²) in [6.07, 6.45) is 0. The lowest BCUT2D eigenvalue weighted by atomic mass is 10.1. The standard InChI is InChI=1S/C15H19N3O5/c1-15(2,3)23-13(19)9-17-7-6-16-12-5-4-10(18(21)22)8-11(12)14(17)20/h4-5,8,16H,6-7,9H2,1-3H3. The molecule has 1 heterocycles. The fraction of sp³-hybridized carbons (Fsp3) is 0.467. The average molecular weight is 321 g/mol. The second-order valence-corrected chi connectivity index (χ2v) is 6.23. The van der Waals surface area contributed by atoms with Gasteiger partial charge >= 0.3 is 5.97 Å². The predicted octanol–water partition coefficient (Wildman–Crippen LogP) is 1.80. The highest BCUT2D eigenvalue weighted by Gasteiger charge is 2.27. The van der Waals surface area contributed by atoms with Crippen LogP contribution in [-0.2, 0) is 9.53 Å². The molecule has 0 saturated carbocycles. The van der Waals surface area contributed by atoms with Crippen molar-refractivity contribution in [1.82, 2.24) is 4.90 Å². The van der Waals surface area contributed by atoms with Crippen LogP contribution in [0.2, 0.25) is 0 Å². The summed E-state index contributed by atoms with van der Waals surface area (Å²) in [7, 11) is 0. The van der Waals surface area contributed by atoms with Crippen LogP contribution in [0.1, 0.15) is 31.1 Å². The Morgan fingerprint density at radius 2 is 2.13 bits per heavy atom. The third kappa shape index (κ3) is 4.18. The highest BCUT2D eigenvalue weighted by Crippen LogP contribution is 2.25. The minimum Gasteiger partial charge on any atom is -0.459 e. The van der Waals surface area contributed by atoms with Gasteiger partial charge in [-0.1, -0.05) is 0 Å². The predicted molar refractivity (Wildman–Crippen MR) is 83.3 cm³/mol. The third-order valence-corrected chi connectivity index (χ3v) is 3.17. The molecule has 1 aromatic rings. The summed E-state index contributed by atoms with van der Waals surface area (Å²) >= 11 is 0. The van der Waals surface area contributed by atoms with Crippen molar-refractivity contribution in [2.24, 2.45) is 0 Å². The van der Waals surface area contributed by atoms with Crippen molar-refractivity contribution in [3.8, 4) is 0 Å². The molecule has 1 N–H and O–H groups in total. The Hall–Kier alpha value is -2.64. The number of non-ortho nitro benzene ring substituents is 1. The second kappa shape index (κ2) is 6.23. The zero-order chi connectivity index (χ0) is 17.2. The van der Waals surface area contributed by atoms with E-state index in [4.69, 9.17) is 4.74 Å². The maximum Gasteiger partial charge on any atom is 0.326 e. The van der Waals surface area contributed by atoms with Gasteiger partial charge in [-0.15, -0.1) is 0 Å². The van der Waals surface area contributed by atoms with Gasteiger partial charge in [0.25, 0.3) is 11.6 Å². The maximum atomic E-state index is 12.6. The molecule has 1 amide bonds. The molecule has 8 heteroatoms. The first-order valence-electron chi connectivity index (χ1n) is 7.21. The monoisotopic (exact) mass is 321 g/mol. The summed E-state index contributed by atoms with van der Waals surface area (Å²) in [6.45, 7) is 5.79. The number of rotatable bonds is 3. The van der Waals surface area contributed by atoms with Gasteiger partial charge in [0, 0.05) is 30.9 Å². The van der Waals surface area contributed by atoms with Gasteiger partial charge in [0.05, 0.1) is 10.5 Å². The fourth-order valence-corrected chi connectivity index (χ4v) is 2.25. The molecule has 0 aromatic heterocycles. The van der Waals surface area contributed by atoms with Crippen molar-refractivity contribution in [3.63, 3.8) is 0 Å². The molecule has 0 fully saturated rings. The Morgan fingerprint density at radius 1 is 1.43 bits per heavy atom. The van der Waals surface area contributed by atoms with Gasteiger partial charge in [-0.05, 0) is 26.8 Å². The van der Waals surface area contributed by atoms with Gasteiger partial charge in [0.15, 0.2) is 0 Å². The lowest BCUT2D eigenvalue weighted by Gasteiger charge is -2.24. The number of amides is 1. The fourth-order valence-electron chi connectivity index (χ4n) is 2.25. The van der Waals surface area contributed by atoms with E-state index in [1.54, 1.807) is 20.8 Å². The van der Waals surface area contributed by atoms with Crippen LogP contribution < -0.4 is 5.32 Å². The van der Waals surface area contributed by atoms with E-state index >= 15 is 0 Å². The molecule has 0 unspecified atom stereocenters. The van der Waals surface area contributed by atoms with Crippen molar-refractivity contribution in [2.75, 3.05) is 25.0 Å². The molecule has 8 nitrogen and oxygen atoms in total. The van der Waals surface area contributed by atoms with Crippen LogP contribution in [0.4, 0.5) is 11.4 Å². The number of carbonyl (C=O) groups is 2. The Kier molecular flexibility index (Phi) is 4.53. The third-order valence-electron chi connectivity index (χ3n) is 3.17. The highest BCUT2D eigenvalue weighted by molar-refractivity contribution is 6.02. The van der Waals surface area contributed by atoms with E-state index in [-0.39, 0.29) is 17.8 Å². The topological polar surface area (TPSA) is 102 Å². The zero-order valence-electron chi connectivity index (χ0n) is 13.3. The van der Waals surface area contributed by atoms with Crippen LogP contribution >= 0.6 is 0 Å². The van der Waals surface area contributed by atoms with Gasteiger partial charge < -0.3 is 15.0 Å². The van der Waals surface area contributed by atoms with Crippen molar-refractivity contribution in [3.05, 3.63) is 33.9 Å². The van der Waals surface area contributed by atoms with E-state index < -0.39 is 22.4 Å². The van der Waals surface area contributed by atoms with Crippen molar-refractivity contribution in [1.29, 1.82) is 0 Å². The minimum absolute atomic E-state index is 0.169. The second-order valence-electron chi connectivity index (χ2n) is 6.23. The maximum absolute atomic E-state index is 12.6. The number of nitrogens with one attached hydrogen (secondary N) is 1. The van der Waals surface area contributed by atoms with E-state index in [0.29, 0.717) is 18.8 Å². The lowest BCUT2D eigenvalue weighted by Crippen LogP contribution is -2.39. The summed E-state index contributed by atoms with van der Waals surface area (Å²) in [5.41, 5.74) is -0.105. The Balaban J connectivity index is 2.22. The summed E-state index contributed by atoms with van der Waals surface area (Å²) in [6, 6.07) is 4.06. The van der Waals surface area contributed by atoms with Crippen molar-refractivity contribution >= 4 is 23.3 Å². The van der Waals surface area contributed by atoms with Crippen LogP contribution in [0.3, 0.4) is 0 Å². The first-order chi connectivity index (χ1) is 10.7. The summed E-state index contributed by atoms with van der Waals surface area (Å²) < 4.78 is 5.22. The SMILES string of the molecule is CC(C)(C)OC(=O)CN1CCNc2ccc([N+](=O)[O-])cc2C1=O. The molecular formula is C15H19N3O5. The molecule has 0 spiro atoms. The molecule has 1 aliphatic heterocycles. The van der Waals surface area contributed by atoms with Crippen molar-refractivity contribution < 1.29 is 19.2 Å². The van der Waals surface area contributed by atoms with Gasteiger partial charge in [0.2, 0.25) is 0 Å². The summed E-state index contributed by atoms with van der Waals surface area (Å²) in [5, 5.41) is 13.9.